The van der Waals surface area contributed by atoms with Gasteiger partial charge in [0.2, 0.25) is 0 Å². The maximum absolute atomic E-state index is 3.43. The second-order valence-electron chi connectivity index (χ2n) is 4.60. The van der Waals surface area contributed by atoms with Gasteiger partial charge in [-0.15, -0.1) is 0 Å². The van der Waals surface area contributed by atoms with E-state index in [9.17, 15) is 0 Å². The van der Waals surface area contributed by atoms with Crippen LogP contribution in [0.15, 0.2) is 24.3 Å². The highest BCUT2D eigenvalue weighted by Gasteiger charge is 2.28. The maximum Gasteiger partial charge on any atom is 0.0286 e. The van der Waals surface area contributed by atoms with Crippen molar-refractivity contribution in [3.8, 4) is 0 Å². The summed E-state index contributed by atoms with van der Waals surface area (Å²) in [6, 6.07) is 10.00. The number of likely N-dealkylation sites (N-methyl/N-ethyl adjacent to an activating group) is 2. The van der Waals surface area contributed by atoms with Crippen molar-refractivity contribution in [3.63, 3.8) is 0 Å². The largest absolute Gasteiger partial charge is 0.315 e. The number of benzene rings is 1. The molecular formula is C13H20N2. The average Bonchev–Trinajstić information content (AvgIpc) is 2.27. The molecule has 0 saturated carbocycles. The lowest BCUT2D eigenvalue weighted by molar-refractivity contribution is 0.221. The summed E-state index contributed by atoms with van der Waals surface area (Å²) < 4.78 is 0. The molecule has 0 bridgehead atoms. The van der Waals surface area contributed by atoms with Gasteiger partial charge in [-0.05, 0) is 45.1 Å². The van der Waals surface area contributed by atoms with Crippen molar-refractivity contribution in [1.29, 1.82) is 0 Å². The molecule has 0 fully saturated rings. The van der Waals surface area contributed by atoms with Crippen LogP contribution >= 0.6 is 0 Å². The third-order valence-electron chi connectivity index (χ3n) is 3.49. The van der Waals surface area contributed by atoms with Gasteiger partial charge in [-0.25, -0.2) is 0 Å². The Morgan fingerprint density at radius 2 is 1.73 bits per heavy atom. The second-order valence-corrected chi connectivity index (χ2v) is 4.60. The number of fused-ring (bicyclic) bond motifs is 1. The van der Waals surface area contributed by atoms with E-state index in [0.717, 1.165) is 12.8 Å². The van der Waals surface area contributed by atoms with E-state index in [1.54, 1.807) is 0 Å². The second kappa shape index (κ2) is 4.33. The standard InChI is InChI=1S/C13H20N2/c1-14-12-8-10-6-4-5-7-11(10)9-13(12)15(2)3/h4-7,12-14H,8-9H2,1-3H3/t12-,13-/m1/s1. The zero-order valence-electron chi connectivity index (χ0n) is 9.83. The molecule has 1 aliphatic carbocycles. The van der Waals surface area contributed by atoms with E-state index < -0.39 is 0 Å². The summed E-state index contributed by atoms with van der Waals surface area (Å²) in [5, 5.41) is 3.43. The van der Waals surface area contributed by atoms with Crippen LogP contribution in [0.1, 0.15) is 11.1 Å². The van der Waals surface area contributed by atoms with Crippen LogP contribution in [0.25, 0.3) is 0 Å². The molecule has 2 nitrogen and oxygen atoms in total. The summed E-state index contributed by atoms with van der Waals surface area (Å²) in [7, 11) is 6.40. The number of hydrogen-bond acceptors (Lipinski definition) is 2. The van der Waals surface area contributed by atoms with E-state index in [1.807, 2.05) is 0 Å². The Labute approximate surface area is 92.3 Å². The van der Waals surface area contributed by atoms with Crippen LogP contribution in [0.5, 0.6) is 0 Å². The monoisotopic (exact) mass is 204 g/mol. The molecule has 0 spiro atoms. The van der Waals surface area contributed by atoms with Gasteiger partial charge in [0.15, 0.2) is 0 Å². The van der Waals surface area contributed by atoms with Crippen LogP contribution in [0.2, 0.25) is 0 Å². The molecule has 0 saturated heterocycles. The lowest BCUT2D eigenvalue weighted by atomic mass is 9.84. The van der Waals surface area contributed by atoms with Crippen LogP contribution < -0.4 is 5.32 Å². The SMILES string of the molecule is CN[C@@H]1Cc2ccccc2C[C@H]1N(C)C. The number of nitrogens with one attached hydrogen (secondary N) is 1. The quantitative estimate of drug-likeness (QED) is 0.781. The highest BCUT2D eigenvalue weighted by atomic mass is 15.1. The van der Waals surface area contributed by atoms with Gasteiger partial charge in [0.25, 0.3) is 0 Å². The van der Waals surface area contributed by atoms with Crippen molar-refractivity contribution in [2.45, 2.75) is 24.9 Å². The first-order chi connectivity index (χ1) is 7.22. The topological polar surface area (TPSA) is 15.3 Å². The molecule has 0 radical (unpaired) electrons. The summed E-state index contributed by atoms with van der Waals surface area (Å²) >= 11 is 0. The fourth-order valence-electron chi connectivity index (χ4n) is 2.53. The van der Waals surface area contributed by atoms with Gasteiger partial charge in [-0.3, -0.25) is 0 Å². The van der Waals surface area contributed by atoms with Crippen LogP contribution in [0.4, 0.5) is 0 Å². The predicted molar refractivity (Wildman–Crippen MR) is 64.2 cm³/mol. The summed E-state index contributed by atoms with van der Waals surface area (Å²) in [6.45, 7) is 0. The van der Waals surface area contributed by atoms with Gasteiger partial charge in [0, 0.05) is 12.1 Å². The third-order valence-corrected chi connectivity index (χ3v) is 3.49. The molecule has 1 aromatic rings. The summed E-state index contributed by atoms with van der Waals surface area (Å²) in [6.07, 6.45) is 2.31. The number of hydrogen-bond donors (Lipinski definition) is 1. The highest BCUT2D eigenvalue weighted by Crippen LogP contribution is 2.23. The van der Waals surface area contributed by atoms with E-state index in [2.05, 4.69) is 55.6 Å². The van der Waals surface area contributed by atoms with Crippen molar-refractivity contribution < 1.29 is 0 Å². The van der Waals surface area contributed by atoms with Gasteiger partial charge >= 0.3 is 0 Å². The van der Waals surface area contributed by atoms with Crippen LogP contribution in [0.3, 0.4) is 0 Å². The Morgan fingerprint density at radius 3 is 2.27 bits per heavy atom. The molecule has 0 aromatic heterocycles. The molecule has 2 rings (SSSR count). The van der Waals surface area contributed by atoms with Gasteiger partial charge in [0.05, 0.1) is 0 Å². The zero-order chi connectivity index (χ0) is 10.8. The summed E-state index contributed by atoms with van der Waals surface area (Å²) in [5.41, 5.74) is 3.03. The molecule has 0 unspecified atom stereocenters. The molecule has 1 aromatic carbocycles. The first kappa shape index (κ1) is 10.7. The molecule has 2 heteroatoms. The molecule has 1 N–H and O–H groups in total. The lowest BCUT2D eigenvalue weighted by Crippen LogP contribution is -2.50. The normalized spacial score (nSPS) is 25.3. The minimum Gasteiger partial charge on any atom is -0.315 e. The number of rotatable bonds is 2. The van der Waals surface area contributed by atoms with Gasteiger partial charge in [-0.2, -0.15) is 0 Å². The fourth-order valence-corrected chi connectivity index (χ4v) is 2.53. The van der Waals surface area contributed by atoms with Crippen molar-refractivity contribution >= 4 is 0 Å². The van der Waals surface area contributed by atoms with Gasteiger partial charge in [0.1, 0.15) is 0 Å². The van der Waals surface area contributed by atoms with Gasteiger partial charge in [-0.1, -0.05) is 24.3 Å². The van der Waals surface area contributed by atoms with E-state index in [4.69, 9.17) is 0 Å². The van der Waals surface area contributed by atoms with E-state index in [-0.39, 0.29) is 0 Å². The summed E-state index contributed by atoms with van der Waals surface area (Å²) in [4.78, 5) is 2.33. The molecule has 0 amide bonds. The summed E-state index contributed by atoms with van der Waals surface area (Å²) in [5.74, 6) is 0. The first-order valence-electron chi connectivity index (χ1n) is 5.63. The van der Waals surface area contributed by atoms with E-state index in [1.165, 1.54) is 11.1 Å². The van der Waals surface area contributed by atoms with Crippen molar-refractivity contribution in [3.05, 3.63) is 35.4 Å². The Balaban J connectivity index is 2.26. The molecule has 82 valence electrons. The zero-order valence-corrected chi connectivity index (χ0v) is 9.83. The van der Waals surface area contributed by atoms with E-state index >= 15 is 0 Å². The fraction of sp³-hybridized carbons (Fsp3) is 0.538. The third kappa shape index (κ3) is 2.06. The number of nitrogens with zero attached hydrogens (tertiary/aromatic N) is 1. The molecule has 2 atom stereocenters. The van der Waals surface area contributed by atoms with Crippen LogP contribution in [-0.2, 0) is 12.8 Å². The van der Waals surface area contributed by atoms with Crippen molar-refractivity contribution in [1.82, 2.24) is 10.2 Å². The Kier molecular flexibility index (Phi) is 3.08. The lowest BCUT2D eigenvalue weighted by Gasteiger charge is -2.37. The van der Waals surface area contributed by atoms with Crippen LogP contribution in [0, 0.1) is 0 Å². The minimum atomic E-state index is 0.579. The Morgan fingerprint density at radius 1 is 1.13 bits per heavy atom. The van der Waals surface area contributed by atoms with Gasteiger partial charge < -0.3 is 10.2 Å². The molecule has 0 heterocycles. The molecule has 0 aliphatic heterocycles. The van der Waals surface area contributed by atoms with Crippen molar-refractivity contribution in [2.75, 3.05) is 21.1 Å². The predicted octanol–water partition coefficient (Wildman–Crippen LogP) is 1.30. The van der Waals surface area contributed by atoms with Crippen molar-refractivity contribution in [2.24, 2.45) is 0 Å². The average molecular weight is 204 g/mol. The maximum atomic E-state index is 3.43. The Hall–Kier alpha value is -0.860. The van der Waals surface area contributed by atoms with Crippen LogP contribution in [-0.4, -0.2) is 38.1 Å². The molecule has 15 heavy (non-hydrogen) atoms. The highest BCUT2D eigenvalue weighted by molar-refractivity contribution is 5.32. The molecular weight excluding hydrogens is 184 g/mol. The first-order valence-corrected chi connectivity index (χ1v) is 5.63. The Bertz CT molecular complexity index is 333. The minimum absolute atomic E-state index is 0.579. The molecule has 1 aliphatic rings. The smallest absolute Gasteiger partial charge is 0.0286 e. The van der Waals surface area contributed by atoms with E-state index in [0.29, 0.717) is 12.1 Å².